The van der Waals surface area contributed by atoms with Gasteiger partial charge >= 0.3 is 6.18 Å². The standard InChI is InChI=1S/C14H13F3N4O2S/c1-3-6-23-10-5-4-9(7-11(10)22-2)8-18-21-12(14(15,16)17)19-20-13(21)24/h3-5,7-8H,1,6H2,2H3,(H,20,24)/b18-8-. The van der Waals surface area contributed by atoms with Gasteiger partial charge in [0.05, 0.1) is 13.3 Å². The number of aromatic amines is 1. The van der Waals surface area contributed by atoms with Crippen molar-refractivity contribution in [3.63, 3.8) is 0 Å². The van der Waals surface area contributed by atoms with Crippen molar-refractivity contribution in [1.29, 1.82) is 0 Å². The van der Waals surface area contributed by atoms with E-state index in [9.17, 15) is 13.2 Å². The molecule has 0 saturated carbocycles. The zero-order valence-corrected chi connectivity index (χ0v) is 13.3. The Labute approximate surface area is 140 Å². The highest BCUT2D eigenvalue weighted by atomic mass is 32.1. The molecular formula is C14H13F3N4O2S. The van der Waals surface area contributed by atoms with Gasteiger partial charge in [0.25, 0.3) is 5.82 Å². The van der Waals surface area contributed by atoms with Gasteiger partial charge in [-0.25, -0.2) is 5.10 Å². The third-order valence-corrected chi connectivity index (χ3v) is 3.03. The highest BCUT2D eigenvalue weighted by Gasteiger charge is 2.37. The van der Waals surface area contributed by atoms with Crippen LogP contribution in [0.25, 0.3) is 0 Å². The average molecular weight is 358 g/mol. The van der Waals surface area contributed by atoms with Crippen LogP contribution in [0, 0.1) is 4.77 Å². The van der Waals surface area contributed by atoms with Crippen LogP contribution in [0.15, 0.2) is 36.0 Å². The third kappa shape index (κ3) is 4.02. The molecule has 0 aliphatic carbocycles. The number of aromatic nitrogens is 3. The fourth-order valence-corrected chi connectivity index (χ4v) is 1.92. The van der Waals surface area contributed by atoms with Gasteiger partial charge in [0.1, 0.15) is 6.61 Å². The first kappa shape index (κ1) is 17.7. The number of rotatable bonds is 6. The zero-order chi connectivity index (χ0) is 17.7. The summed E-state index contributed by atoms with van der Waals surface area (Å²) < 4.78 is 49.2. The molecule has 0 saturated heterocycles. The molecule has 0 unspecified atom stereocenters. The smallest absolute Gasteiger partial charge is 0.453 e. The minimum atomic E-state index is -4.68. The highest BCUT2D eigenvalue weighted by molar-refractivity contribution is 7.71. The summed E-state index contributed by atoms with van der Waals surface area (Å²) in [6, 6.07) is 4.79. The second-order valence-electron chi connectivity index (χ2n) is 4.42. The molecule has 1 heterocycles. The first-order valence-corrected chi connectivity index (χ1v) is 6.98. The molecule has 0 bridgehead atoms. The summed E-state index contributed by atoms with van der Waals surface area (Å²) in [5.74, 6) is -0.347. The largest absolute Gasteiger partial charge is 0.493 e. The summed E-state index contributed by atoms with van der Waals surface area (Å²) in [6.45, 7) is 3.84. The van der Waals surface area contributed by atoms with Gasteiger partial charge in [0.2, 0.25) is 4.77 Å². The van der Waals surface area contributed by atoms with Crippen molar-refractivity contribution in [3.05, 3.63) is 47.0 Å². The molecule has 1 aromatic heterocycles. The van der Waals surface area contributed by atoms with Gasteiger partial charge < -0.3 is 9.47 Å². The Morgan fingerprint density at radius 1 is 1.42 bits per heavy atom. The monoisotopic (exact) mass is 358 g/mol. The number of ether oxygens (including phenoxy) is 2. The molecule has 0 aliphatic rings. The number of halogens is 3. The summed E-state index contributed by atoms with van der Waals surface area (Å²) in [6.07, 6.45) is -1.89. The Morgan fingerprint density at radius 3 is 2.79 bits per heavy atom. The molecule has 24 heavy (non-hydrogen) atoms. The predicted octanol–water partition coefficient (Wildman–Crippen LogP) is 3.42. The fraction of sp³-hybridized carbons (Fsp3) is 0.214. The summed E-state index contributed by atoms with van der Waals surface area (Å²) >= 11 is 4.75. The summed E-state index contributed by atoms with van der Waals surface area (Å²) in [5.41, 5.74) is 0.494. The highest BCUT2D eigenvalue weighted by Crippen LogP contribution is 2.29. The van der Waals surface area contributed by atoms with Gasteiger partial charge in [-0.1, -0.05) is 12.7 Å². The number of nitrogens with one attached hydrogen (secondary N) is 1. The van der Waals surface area contributed by atoms with Crippen LogP contribution in [0.4, 0.5) is 13.2 Å². The van der Waals surface area contributed by atoms with Gasteiger partial charge in [0, 0.05) is 0 Å². The Morgan fingerprint density at radius 2 is 2.17 bits per heavy atom. The van der Waals surface area contributed by atoms with E-state index in [-0.39, 0.29) is 4.77 Å². The second kappa shape index (κ2) is 7.30. The number of methoxy groups -OCH3 is 1. The first-order chi connectivity index (χ1) is 11.4. The molecule has 1 N–H and O–H groups in total. The van der Waals surface area contributed by atoms with E-state index < -0.39 is 12.0 Å². The van der Waals surface area contributed by atoms with E-state index in [0.717, 1.165) is 0 Å². The van der Waals surface area contributed by atoms with Crippen molar-refractivity contribution < 1.29 is 22.6 Å². The molecule has 0 amide bonds. The van der Waals surface area contributed by atoms with E-state index in [0.29, 0.717) is 28.3 Å². The number of hydrogen-bond donors (Lipinski definition) is 1. The molecule has 6 nitrogen and oxygen atoms in total. The minimum Gasteiger partial charge on any atom is -0.493 e. The number of hydrogen-bond acceptors (Lipinski definition) is 5. The van der Waals surface area contributed by atoms with Crippen molar-refractivity contribution in [2.45, 2.75) is 6.18 Å². The Kier molecular flexibility index (Phi) is 5.39. The van der Waals surface area contributed by atoms with E-state index in [1.165, 1.54) is 13.3 Å². The van der Waals surface area contributed by atoms with Crippen LogP contribution in [0.3, 0.4) is 0 Å². The molecule has 0 aliphatic heterocycles. The van der Waals surface area contributed by atoms with Crippen LogP contribution in [0.1, 0.15) is 11.4 Å². The SMILES string of the molecule is C=CCOc1ccc(/C=N\n2c(C(F)(F)F)n[nH]c2=S)cc1OC. The molecule has 2 rings (SSSR count). The predicted molar refractivity (Wildman–Crippen MR) is 84.1 cm³/mol. The van der Waals surface area contributed by atoms with Crippen LogP contribution < -0.4 is 9.47 Å². The van der Waals surface area contributed by atoms with Crippen molar-refractivity contribution >= 4 is 18.4 Å². The summed E-state index contributed by atoms with van der Waals surface area (Å²) in [4.78, 5) is 0. The molecule has 0 radical (unpaired) electrons. The number of H-pyrrole nitrogens is 1. The van der Waals surface area contributed by atoms with E-state index in [1.54, 1.807) is 24.3 Å². The Hall–Kier alpha value is -2.62. The summed E-state index contributed by atoms with van der Waals surface area (Å²) in [7, 11) is 1.45. The second-order valence-corrected chi connectivity index (χ2v) is 4.80. The normalized spacial score (nSPS) is 11.7. The lowest BCUT2D eigenvalue weighted by molar-refractivity contribution is -0.147. The lowest BCUT2D eigenvalue weighted by Gasteiger charge is -2.09. The zero-order valence-electron chi connectivity index (χ0n) is 12.5. The first-order valence-electron chi connectivity index (χ1n) is 6.57. The van der Waals surface area contributed by atoms with Crippen LogP contribution >= 0.6 is 12.2 Å². The Bertz CT molecular complexity index is 811. The molecule has 1 aromatic carbocycles. The van der Waals surface area contributed by atoms with Crippen molar-refractivity contribution in [2.24, 2.45) is 5.10 Å². The Balaban J connectivity index is 2.32. The third-order valence-electron chi connectivity index (χ3n) is 2.77. The van der Waals surface area contributed by atoms with Gasteiger partial charge in [-0.3, -0.25) is 0 Å². The van der Waals surface area contributed by atoms with Crippen LogP contribution in [-0.2, 0) is 6.18 Å². The van der Waals surface area contributed by atoms with E-state index >= 15 is 0 Å². The molecule has 0 atom stereocenters. The lowest BCUT2D eigenvalue weighted by Crippen LogP contribution is -2.12. The van der Waals surface area contributed by atoms with Crippen LogP contribution in [0.5, 0.6) is 11.5 Å². The van der Waals surface area contributed by atoms with Crippen LogP contribution in [-0.4, -0.2) is 34.8 Å². The quantitative estimate of drug-likeness (QED) is 0.488. The van der Waals surface area contributed by atoms with Crippen molar-refractivity contribution in [3.8, 4) is 11.5 Å². The molecule has 0 spiro atoms. The molecular weight excluding hydrogens is 345 g/mol. The maximum absolute atomic E-state index is 12.8. The van der Waals surface area contributed by atoms with Crippen molar-refractivity contribution in [2.75, 3.05) is 13.7 Å². The molecule has 10 heteroatoms. The molecule has 2 aromatic rings. The van der Waals surface area contributed by atoms with Gasteiger partial charge in [-0.05, 0) is 36.0 Å². The number of benzene rings is 1. The number of nitrogens with zero attached hydrogens (tertiary/aromatic N) is 3. The van der Waals surface area contributed by atoms with Gasteiger partial charge in [0.15, 0.2) is 11.5 Å². The number of alkyl halides is 3. The van der Waals surface area contributed by atoms with Gasteiger partial charge in [-0.15, -0.1) is 5.10 Å². The van der Waals surface area contributed by atoms with Gasteiger partial charge in [-0.2, -0.15) is 22.9 Å². The van der Waals surface area contributed by atoms with E-state index in [2.05, 4.69) is 21.9 Å². The molecule has 128 valence electrons. The topological polar surface area (TPSA) is 64.4 Å². The fourth-order valence-electron chi connectivity index (χ4n) is 1.74. The van der Waals surface area contributed by atoms with E-state index in [1.807, 2.05) is 0 Å². The van der Waals surface area contributed by atoms with E-state index in [4.69, 9.17) is 21.7 Å². The molecule has 0 fully saturated rings. The minimum absolute atomic E-state index is 0.267. The van der Waals surface area contributed by atoms with Crippen molar-refractivity contribution in [1.82, 2.24) is 14.9 Å². The van der Waals surface area contributed by atoms with Crippen LogP contribution in [0.2, 0.25) is 0 Å². The summed E-state index contributed by atoms with van der Waals surface area (Å²) in [5, 5.41) is 8.93. The average Bonchev–Trinajstić information content (AvgIpc) is 2.92. The maximum Gasteiger partial charge on any atom is 0.453 e. The lowest BCUT2D eigenvalue weighted by atomic mass is 10.2. The maximum atomic E-state index is 12.8.